The van der Waals surface area contributed by atoms with Crippen molar-refractivity contribution < 1.29 is 22.1 Å². The first-order chi connectivity index (χ1) is 11.7. The summed E-state index contributed by atoms with van der Waals surface area (Å²) in [5, 5.41) is 4.95. The molecule has 2 aromatic carbocycles. The third-order valence-corrected chi connectivity index (χ3v) is 4.45. The van der Waals surface area contributed by atoms with Crippen molar-refractivity contribution in [1.82, 2.24) is 0 Å². The van der Waals surface area contributed by atoms with Crippen LogP contribution < -0.4 is 18.8 Å². The van der Waals surface area contributed by atoms with Crippen LogP contribution in [-0.4, -0.2) is 22.6 Å². The van der Waals surface area contributed by atoms with Gasteiger partial charge in [0.2, 0.25) is 0 Å². The van der Waals surface area contributed by atoms with Crippen LogP contribution in [0, 0.1) is 13.8 Å². The SMILES string of the molecule is COc1ccc(CCc2cc(C)c(C)c(OC)c2)cc1OS(N)(=O)=O. The third-order valence-electron chi connectivity index (χ3n) is 4.04. The second-order valence-electron chi connectivity index (χ2n) is 5.80. The van der Waals surface area contributed by atoms with Crippen LogP contribution in [0.4, 0.5) is 0 Å². The highest BCUT2D eigenvalue weighted by molar-refractivity contribution is 7.84. The van der Waals surface area contributed by atoms with Crippen molar-refractivity contribution in [2.75, 3.05) is 14.2 Å². The molecular weight excluding hydrogens is 342 g/mol. The fourth-order valence-corrected chi connectivity index (χ4v) is 2.99. The number of ether oxygens (including phenoxy) is 2. The number of methoxy groups -OCH3 is 2. The lowest BCUT2D eigenvalue weighted by molar-refractivity contribution is 0.390. The second-order valence-corrected chi connectivity index (χ2v) is 6.95. The van der Waals surface area contributed by atoms with E-state index in [1.165, 1.54) is 12.7 Å². The van der Waals surface area contributed by atoms with Crippen LogP contribution in [0.1, 0.15) is 22.3 Å². The lowest BCUT2D eigenvalue weighted by Crippen LogP contribution is -2.19. The molecule has 0 aliphatic rings. The molecule has 7 heteroatoms. The standard InChI is InChI=1S/C18H23NO5S/c1-12-9-15(11-17(23-4)13(12)2)6-5-14-7-8-16(22-3)18(10-14)24-25(19,20)21/h7-11H,5-6H2,1-4H3,(H2,19,20,21). The summed E-state index contributed by atoms with van der Waals surface area (Å²) in [6, 6.07) is 9.31. The molecule has 136 valence electrons. The lowest BCUT2D eigenvalue weighted by atomic mass is 9.99. The molecule has 0 heterocycles. The Hall–Kier alpha value is -2.25. The second kappa shape index (κ2) is 7.76. The van der Waals surface area contributed by atoms with Gasteiger partial charge in [-0.15, -0.1) is 0 Å². The van der Waals surface area contributed by atoms with Crippen molar-refractivity contribution in [3.63, 3.8) is 0 Å². The number of rotatable bonds is 7. The van der Waals surface area contributed by atoms with Gasteiger partial charge < -0.3 is 13.7 Å². The van der Waals surface area contributed by atoms with Crippen molar-refractivity contribution in [2.45, 2.75) is 26.7 Å². The Kier molecular flexibility index (Phi) is 5.92. The first kappa shape index (κ1) is 19.1. The van der Waals surface area contributed by atoms with Crippen LogP contribution in [0.5, 0.6) is 17.2 Å². The van der Waals surface area contributed by atoms with E-state index in [9.17, 15) is 8.42 Å². The van der Waals surface area contributed by atoms with Crippen molar-refractivity contribution in [3.8, 4) is 17.2 Å². The smallest absolute Gasteiger partial charge is 0.380 e. The Morgan fingerprint density at radius 2 is 1.48 bits per heavy atom. The largest absolute Gasteiger partial charge is 0.496 e. The number of hydrogen-bond donors (Lipinski definition) is 1. The maximum atomic E-state index is 11.2. The summed E-state index contributed by atoms with van der Waals surface area (Å²) in [4.78, 5) is 0. The van der Waals surface area contributed by atoms with E-state index < -0.39 is 10.3 Å². The number of nitrogens with two attached hydrogens (primary N) is 1. The van der Waals surface area contributed by atoms with Gasteiger partial charge in [-0.3, -0.25) is 0 Å². The van der Waals surface area contributed by atoms with Gasteiger partial charge in [0, 0.05) is 0 Å². The molecule has 25 heavy (non-hydrogen) atoms. The van der Waals surface area contributed by atoms with Crippen LogP contribution in [0.25, 0.3) is 0 Å². The van der Waals surface area contributed by atoms with Gasteiger partial charge >= 0.3 is 10.3 Å². The number of hydrogen-bond acceptors (Lipinski definition) is 5. The van der Waals surface area contributed by atoms with Crippen LogP contribution in [0.15, 0.2) is 30.3 Å². The summed E-state index contributed by atoms with van der Waals surface area (Å²) >= 11 is 0. The maximum absolute atomic E-state index is 11.2. The molecule has 6 nitrogen and oxygen atoms in total. The van der Waals surface area contributed by atoms with Gasteiger partial charge in [-0.05, 0) is 67.1 Å². The van der Waals surface area contributed by atoms with E-state index in [4.69, 9.17) is 18.8 Å². The highest BCUT2D eigenvalue weighted by Gasteiger charge is 2.12. The van der Waals surface area contributed by atoms with Gasteiger partial charge in [-0.25, -0.2) is 0 Å². The summed E-state index contributed by atoms with van der Waals surface area (Å²) in [6.45, 7) is 4.07. The molecule has 0 spiro atoms. The van der Waals surface area contributed by atoms with Gasteiger partial charge in [-0.2, -0.15) is 13.6 Å². The van der Waals surface area contributed by atoms with Crippen molar-refractivity contribution >= 4 is 10.3 Å². The minimum absolute atomic E-state index is 0.0835. The van der Waals surface area contributed by atoms with Crippen LogP contribution >= 0.6 is 0 Å². The van der Waals surface area contributed by atoms with Gasteiger partial charge in [0.05, 0.1) is 14.2 Å². The molecule has 0 radical (unpaired) electrons. The van der Waals surface area contributed by atoms with Crippen molar-refractivity contribution in [3.05, 3.63) is 52.6 Å². The zero-order valence-electron chi connectivity index (χ0n) is 14.8. The zero-order chi connectivity index (χ0) is 18.6. The molecule has 0 amide bonds. The monoisotopic (exact) mass is 365 g/mol. The first-order valence-electron chi connectivity index (χ1n) is 7.76. The van der Waals surface area contributed by atoms with E-state index in [-0.39, 0.29) is 5.75 Å². The van der Waals surface area contributed by atoms with E-state index in [1.54, 1.807) is 19.2 Å². The van der Waals surface area contributed by atoms with E-state index in [1.807, 2.05) is 26.0 Å². The Morgan fingerprint density at radius 1 is 0.880 bits per heavy atom. The van der Waals surface area contributed by atoms with Crippen LogP contribution in [0.2, 0.25) is 0 Å². The Balaban J connectivity index is 2.21. The lowest BCUT2D eigenvalue weighted by Gasteiger charge is -2.12. The quantitative estimate of drug-likeness (QED) is 0.815. The number of aryl methyl sites for hydroxylation is 3. The fourth-order valence-electron chi connectivity index (χ4n) is 2.61. The molecule has 0 atom stereocenters. The summed E-state index contributed by atoms with van der Waals surface area (Å²) in [5.74, 6) is 1.26. The third kappa shape index (κ3) is 5.11. The highest BCUT2D eigenvalue weighted by atomic mass is 32.2. The zero-order valence-corrected chi connectivity index (χ0v) is 15.6. The minimum atomic E-state index is -4.11. The average Bonchev–Trinajstić information content (AvgIpc) is 2.54. The Morgan fingerprint density at radius 3 is 2.08 bits per heavy atom. The molecule has 2 rings (SSSR count). The Bertz CT molecular complexity index is 862. The van der Waals surface area contributed by atoms with Gasteiger partial charge in [0.25, 0.3) is 0 Å². The van der Waals surface area contributed by atoms with E-state index in [0.29, 0.717) is 12.2 Å². The molecule has 0 bridgehead atoms. The molecule has 0 unspecified atom stereocenters. The molecule has 2 N–H and O–H groups in total. The van der Waals surface area contributed by atoms with Crippen molar-refractivity contribution in [2.24, 2.45) is 5.14 Å². The molecule has 0 aliphatic heterocycles. The Labute approximate surface area is 148 Å². The average molecular weight is 365 g/mol. The predicted molar refractivity (Wildman–Crippen MR) is 96.6 cm³/mol. The van der Waals surface area contributed by atoms with Gasteiger partial charge in [0.1, 0.15) is 5.75 Å². The van der Waals surface area contributed by atoms with Crippen LogP contribution in [-0.2, 0) is 23.1 Å². The summed E-state index contributed by atoms with van der Waals surface area (Å²) in [6.07, 6.45) is 1.48. The molecular formula is C18H23NO5S. The minimum Gasteiger partial charge on any atom is -0.496 e. The first-order valence-corrected chi connectivity index (χ1v) is 9.24. The summed E-state index contributed by atoms with van der Waals surface area (Å²) in [5.41, 5.74) is 4.35. The normalized spacial score (nSPS) is 11.2. The van der Waals surface area contributed by atoms with E-state index in [2.05, 4.69) is 6.07 Å². The topological polar surface area (TPSA) is 87.8 Å². The van der Waals surface area contributed by atoms with Crippen LogP contribution in [0.3, 0.4) is 0 Å². The molecule has 0 saturated carbocycles. The summed E-state index contributed by atoms with van der Waals surface area (Å²) < 4.78 is 37.7. The van der Waals surface area contributed by atoms with Gasteiger partial charge in [-0.1, -0.05) is 12.1 Å². The molecule has 2 aromatic rings. The van der Waals surface area contributed by atoms with E-state index in [0.717, 1.165) is 28.9 Å². The molecule has 0 aromatic heterocycles. The summed E-state index contributed by atoms with van der Waals surface area (Å²) in [7, 11) is -1.01. The number of benzene rings is 2. The van der Waals surface area contributed by atoms with Gasteiger partial charge in [0.15, 0.2) is 11.5 Å². The molecule has 0 saturated heterocycles. The predicted octanol–water partition coefficient (Wildman–Crippen LogP) is 2.69. The molecule has 0 fully saturated rings. The fraction of sp³-hybridized carbons (Fsp3) is 0.333. The highest BCUT2D eigenvalue weighted by Crippen LogP contribution is 2.30. The maximum Gasteiger partial charge on any atom is 0.380 e. The van der Waals surface area contributed by atoms with Crippen molar-refractivity contribution in [1.29, 1.82) is 0 Å². The van der Waals surface area contributed by atoms with E-state index >= 15 is 0 Å². The molecule has 0 aliphatic carbocycles.